The van der Waals surface area contributed by atoms with Crippen molar-refractivity contribution in [3.63, 3.8) is 0 Å². The molecule has 0 aliphatic carbocycles. The van der Waals surface area contributed by atoms with Gasteiger partial charge in [-0.2, -0.15) is 0 Å². The van der Waals surface area contributed by atoms with Crippen LogP contribution in [0.1, 0.15) is 25.3 Å². The van der Waals surface area contributed by atoms with Gasteiger partial charge < -0.3 is 18.5 Å². The van der Waals surface area contributed by atoms with Crippen molar-refractivity contribution in [2.24, 2.45) is 5.92 Å². The normalized spacial score (nSPS) is 14.1. The Bertz CT molecular complexity index is 563. The molecule has 0 bridgehead atoms. The van der Waals surface area contributed by atoms with Crippen molar-refractivity contribution in [2.45, 2.75) is 32.3 Å². The fourth-order valence-electron chi connectivity index (χ4n) is 2.62. The van der Waals surface area contributed by atoms with Crippen molar-refractivity contribution in [3.8, 4) is 5.75 Å². The number of Topliss-reactive ketones (excluding diaryl/α,β-unsaturated/α-hetero) is 1. The molecule has 0 amide bonds. The summed E-state index contributed by atoms with van der Waals surface area (Å²) in [6.45, 7) is 1.79. The van der Waals surface area contributed by atoms with Crippen LogP contribution in [0.2, 0.25) is 0 Å². The maximum Gasteiger partial charge on any atom is 0.337 e. The summed E-state index contributed by atoms with van der Waals surface area (Å²) in [6, 6.07) is 7.93. The average Bonchev–Trinajstić information content (AvgIpc) is 2.65. The Hall–Kier alpha value is -1.20. The van der Waals surface area contributed by atoms with Crippen LogP contribution in [-0.4, -0.2) is 46.5 Å². The summed E-state index contributed by atoms with van der Waals surface area (Å²) in [6.07, 6.45) is 2.04. The van der Waals surface area contributed by atoms with E-state index in [-0.39, 0.29) is 24.0 Å². The molecular weight excluding hydrogens is 343 g/mol. The number of benzene rings is 1. The van der Waals surface area contributed by atoms with Gasteiger partial charge in [0.15, 0.2) is 0 Å². The van der Waals surface area contributed by atoms with Gasteiger partial charge >= 0.3 is 7.60 Å². The zero-order valence-electron chi connectivity index (χ0n) is 15.7. The van der Waals surface area contributed by atoms with E-state index < -0.39 is 7.60 Å². The van der Waals surface area contributed by atoms with Gasteiger partial charge in [0.2, 0.25) is 0 Å². The van der Waals surface area contributed by atoms with Gasteiger partial charge in [-0.25, -0.2) is 0 Å². The molecule has 0 radical (unpaired) electrons. The van der Waals surface area contributed by atoms with Crippen LogP contribution >= 0.6 is 7.60 Å². The molecule has 142 valence electrons. The third kappa shape index (κ3) is 6.90. The number of carbonyl (C=O) groups excluding carboxylic acids is 1. The van der Waals surface area contributed by atoms with Gasteiger partial charge in [-0.05, 0) is 37.0 Å². The summed E-state index contributed by atoms with van der Waals surface area (Å²) in [4.78, 5) is 12.4. The zero-order chi connectivity index (χ0) is 18.9. The SMILES string of the molecule is COc1ccc(CCC[C@@H](OC)[C@@H](C)C(=O)CP(=O)(OC)OC)cc1. The molecule has 0 saturated heterocycles. The Balaban J connectivity index is 2.53. The zero-order valence-corrected chi connectivity index (χ0v) is 16.6. The van der Waals surface area contributed by atoms with Crippen molar-refractivity contribution < 1.29 is 27.9 Å². The van der Waals surface area contributed by atoms with Crippen molar-refractivity contribution >= 4 is 13.4 Å². The molecule has 0 aliphatic heterocycles. The summed E-state index contributed by atoms with van der Waals surface area (Å²) < 4.78 is 32.4. The number of carbonyl (C=O) groups is 1. The molecule has 7 heteroatoms. The second-order valence-electron chi connectivity index (χ2n) is 5.90. The smallest absolute Gasteiger partial charge is 0.337 e. The monoisotopic (exact) mass is 372 g/mol. The van der Waals surface area contributed by atoms with E-state index >= 15 is 0 Å². The van der Waals surface area contributed by atoms with E-state index in [4.69, 9.17) is 18.5 Å². The van der Waals surface area contributed by atoms with Crippen molar-refractivity contribution in [1.82, 2.24) is 0 Å². The van der Waals surface area contributed by atoms with E-state index in [1.165, 1.54) is 19.8 Å². The molecule has 25 heavy (non-hydrogen) atoms. The Labute approximate surface area is 150 Å². The van der Waals surface area contributed by atoms with Gasteiger partial charge in [-0.15, -0.1) is 0 Å². The van der Waals surface area contributed by atoms with Crippen LogP contribution in [0.5, 0.6) is 5.75 Å². The number of hydrogen-bond acceptors (Lipinski definition) is 6. The number of methoxy groups -OCH3 is 2. The van der Waals surface area contributed by atoms with Crippen LogP contribution in [0, 0.1) is 5.92 Å². The summed E-state index contributed by atoms with van der Waals surface area (Å²) in [5.41, 5.74) is 1.21. The van der Waals surface area contributed by atoms with E-state index in [9.17, 15) is 9.36 Å². The lowest BCUT2D eigenvalue weighted by Crippen LogP contribution is -2.30. The molecule has 0 spiro atoms. The largest absolute Gasteiger partial charge is 0.497 e. The highest BCUT2D eigenvalue weighted by molar-refractivity contribution is 7.54. The van der Waals surface area contributed by atoms with Crippen molar-refractivity contribution in [2.75, 3.05) is 34.6 Å². The highest BCUT2D eigenvalue weighted by Gasteiger charge is 2.31. The first-order valence-corrected chi connectivity index (χ1v) is 10.0. The predicted octanol–water partition coefficient (Wildman–Crippen LogP) is 3.72. The molecule has 1 rings (SSSR count). The molecule has 0 N–H and O–H groups in total. The van der Waals surface area contributed by atoms with E-state index in [2.05, 4.69) is 0 Å². The summed E-state index contributed by atoms with van der Waals surface area (Å²) in [7, 11) is 2.46. The summed E-state index contributed by atoms with van der Waals surface area (Å²) in [5.74, 6) is 0.279. The molecule has 0 aliphatic rings. The maximum atomic E-state index is 12.4. The van der Waals surface area contributed by atoms with Crippen LogP contribution in [-0.2, 0) is 29.6 Å². The van der Waals surface area contributed by atoms with Gasteiger partial charge in [0.1, 0.15) is 17.7 Å². The lowest BCUT2D eigenvalue weighted by Gasteiger charge is -2.23. The molecule has 2 atom stereocenters. The van der Waals surface area contributed by atoms with Crippen LogP contribution in [0.25, 0.3) is 0 Å². The Morgan fingerprint density at radius 3 is 2.16 bits per heavy atom. The topological polar surface area (TPSA) is 71.1 Å². The first-order chi connectivity index (χ1) is 11.9. The van der Waals surface area contributed by atoms with Gasteiger partial charge in [-0.1, -0.05) is 19.1 Å². The van der Waals surface area contributed by atoms with Gasteiger partial charge in [0, 0.05) is 27.2 Å². The van der Waals surface area contributed by atoms with Crippen molar-refractivity contribution in [3.05, 3.63) is 29.8 Å². The lowest BCUT2D eigenvalue weighted by atomic mass is 9.95. The van der Waals surface area contributed by atoms with Crippen molar-refractivity contribution in [1.29, 1.82) is 0 Å². The second kappa shape index (κ2) is 10.7. The number of aryl methyl sites for hydroxylation is 1. The predicted molar refractivity (Wildman–Crippen MR) is 97.4 cm³/mol. The molecule has 0 unspecified atom stereocenters. The second-order valence-corrected chi connectivity index (χ2v) is 8.17. The highest BCUT2D eigenvalue weighted by Crippen LogP contribution is 2.46. The minimum atomic E-state index is -3.34. The minimum absolute atomic E-state index is 0.177. The molecular formula is C18H29O6P. The summed E-state index contributed by atoms with van der Waals surface area (Å²) >= 11 is 0. The quantitative estimate of drug-likeness (QED) is 0.521. The fraction of sp³-hybridized carbons (Fsp3) is 0.611. The third-order valence-corrected chi connectivity index (χ3v) is 6.20. The van der Waals surface area contributed by atoms with E-state index in [0.717, 1.165) is 25.0 Å². The van der Waals surface area contributed by atoms with Gasteiger partial charge in [-0.3, -0.25) is 9.36 Å². The number of rotatable bonds is 12. The molecule has 6 nitrogen and oxygen atoms in total. The van der Waals surface area contributed by atoms with E-state index in [0.29, 0.717) is 0 Å². The summed E-state index contributed by atoms with van der Waals surface area (Å²) in [5, 5.41) is 0. The van der Waals surface area contributed by atoms with E-state index in [1.807, 2.05) is 24.3 Å². The molecule has 1 aromatic carbocycles. The van der Waals surface area contributed by atoms with Crippen LogP contribution < -0.4 is 4.74 Å². The first-order valence-electron chi connectivity index (χ1n) is 8.28. The first kappa shape index (κ1) is 21.8. The lowest BCUT2D eigenvalue weighted by molar-refractivity contribution is -0.124. The minimum Gasteiger partial charge on any atom is -0.497 e. The number of hydrogen-bond donors (Lipinski definition) is 0. The fourth-order valence-corrected chi connectivity index (χ4v) is 3.69. The van der Waals surface area contributed by atoms with Crippen LogP contribution in [0.4, 0.5) is 0 Å². The Kier molecular flexibility index (Phi) is 9.36. The standard InChI is InChI=1S/C18H29O6P/c1-14(17(19)13-25(20,23-4)24-5)18(22-3)8-6-7-15-9-11-16(21-2)12-10-15/h9-12,14,18H,6-8,13H2,1-5H3/t14-,18+/m0/s1. The number of ketones is 1. The average molecular weight is 372 g/mol. The number of ether oxygens (including phenoxy) is 2. The van der Waals surface area contributed by atoms with Crippen LogP contribution in [0.3, 0.4) is 0 Å². The van der Waals surface area contributed by atoms with E-state index in [1.54, 1.807) is 21.1 Å². The molecule has 1 aromatic rings. The Morgan fingerprint density at radius 2 is 1.68 bits per heavy atom. The van der Waals surface area contributed by atoms with Crippen LogP contribution in [0.15, 0.2) is 24.3 Å². The van der Waals surface area contributed by atoms with Gasteiger partial charge in [0.05, 0.1) is 13.2 Å². The molecule has 0 heterocycles. The third-order valence-electron chi connectivity index (χ3n) is 4.39. The molecule has 0 saturated carbocycles. The molecule has 0 fully saturated rings. The highest BCUT2D eigenvalue weighted by atomic mass is 31.2. The Morgan fingerprint density at radius 1 is 1.08 bits per heavy atom. The maximum absolute atomic E-state index is 12.4. The van der Waals surface area contributed by atoms with Gasteiger partial charge in [0.25, 0.3) is 0 Å². The molecule has 0 aromatic heterocycles.